The zero-order valence-electron chi connectivity index (χ0n) is 8.96. The first-order valence-electron chi connectivity index (χ1n) is 4.78. The number of nitrogens with one attached hydrogen (secondary N) is 1. The molecule has 0 saturated heterocycles. The average Bonchev–Trinajstić information content (AvgIpc) is 2.78. The van der Waals surface area contributed by atoms with Gasteiger partial charge in [0.2, 0.25) is 0 Å². The van der Waals surface area contributed by atoms with Crippen LogP contribution in [0.3, 0.4) is 0 Å². The Morgan fingerprint density at radius 2 is 2.47 bits per heavy atom. The Labute approximate surface area is 102 Å². The lowest BCUT2D eigenvalue weighted by atomic mass is 10.2. The summed E-state index contributed by atoms with van der Waals surface area (Å²) in [6, 6.07) is -1.02. The highest BCUT2D eigenvalue weighted by atomic mass is 32.1. The van der Waals surface area contributed by atoms with Crippen molar-refractivity contribution in [2.24, 2.45) is 0 Å². The van der Waals surface area contributed by atoms with Crippen LogP contribution in [0.2, 0.25) is 0 Å². The van der Waals surface area contributed by atoms with Gasteiger partial charge in [-0.3, -0.25) is 4.98 Å². The van der Waals surface area contributed by atoms with Gasteiger partial charge >= 0.3 is 12.1 Å². The summed E-state index contributed by atoms with van der Waals surface area (Å²) in [7, 11) is 0. The van der Waals surface area contributed by atoms with Gasteiger partial charge in [0.05, 0.1) is 5.51 Å². The second kappa shape index (κ2) is 6.64. The van der Waals surface area contributed by atoms with Crippen LogP contribution in [-0.4, -0.2) is 34.8 Å². The van der Waals surface area contributed by atoms with E-state index in [-0.39, 0.29) is 13.0 Å². The zero-order chi connectivity index (χ0) is 12.7. The standard InChI is InChI=1S/C10H12N2O4S/c1-2-3-16-10(15)12-8(9(13)14)4-7-5-11-6-17-7/h2,5-6,8H,1,3-4H2,(H,12,15)(H,13,14). The van der Waals surface area contributed by atoms with Gasteiger partial charge in [0.15, 0.2) is 0 Å². The summed E-state index contributed by atoms with van der Waals surface area (Å²) in [4.78, 5) is 26.7. The van der Waals surface area contributed by atoms with E-state index in [2.05, 4.69) is 21.6 Å². The average molecular weight is 256 g/mol. The smallest absolute Gasteiger partial charge is 0.408 e. The maximum atomic E-state index is 11.2. The number of ether oxygens (including phenoxy) is 1. The van der Waals surface area contributed by atoms with E-state index in [9.17, 15) is 9.59 Å². The summed E-state index contributed by atoms with van der Waals surface area (Å²) in [6.45, 7) is 3.42. The Morgan fingerprint density at radius 1 is 1.71 bits per heavy atom. The second-order valence-electron chi connectivity index (χ2n) is 3.09. The number of carbonyl (C=O) groups is 2. The molecule has 0 bridgehead atoms. The Bertz CT molecular complexity index is 391. The lowest BCUT2D eigenvalue weighted by molar-refractivity contribution is -0.139. The second-order valence-corrected chi connectivity index (χ2v) is 4.07. The highest BCUT2D eigenvalue weighted by Gasteiger charge is 2.21. The number of alkyl carbamates (subject to hydrolysis) is 1. The molecule has 1 unspecified atom stereocenters. The SMILES string of the molecule is C=CCOC(=O)NC(Cc1cncs1)C(=O)O. The molecule has 0 saturated carbocycles. The molecule has 0 aliphatic rings. The minimum atomic E-state index is -1.12. The van der Waals surface area contributed by atoms with Gasteiger partial charge in [-0.05, 0) is 0 Å². The molecule has 1 aromatic rings. The molecular weight excluding hydrogens is 244 g/mol. The number of nitrogens with zero attached hydrogens (tertiary/aromatic N) is 1. The highest BCUT2D eigenvalue weighted by molar-refractivity contribution is 7.09. The molecule has 2 N–H and O–H groups in total. The third kappa shape index (κ3) is 4.64. The summed E-state index contributed by atoms with van der Waals surface area (Å²) >= 11 is 1.33. The predicted octanol–water partition coefficient (Wildman–Crippen LogP) is 1.05. The number of carboxylic acid groups (broad SMARTS) is 1. The first-order chi connectivity index (χ1) is 8.13. The topological polar surface area (TPSA) is 88.5 Å². The molecule has 1 aromatic heterocycles. The lowest BCUT2D eigenvalue weighted by Gasteiger charge is -2.12. The summed E-state index contributed by atoms with van der Waals surface area (Å²) in [5.74, 6) is -1.12. The lowest BCUT2D eigenvalue weighted by Crippen LogP contribution is -2.42. The van der Waals surface area contributed by atoms with E-state index in [0.29, 0.717) is 0 Å². The first-order valence-corrected chi connectivity index (χ1v) is 5.65. The summed E-state index contributed by atoms with van der Waals surface area (Å²) in [5.41, 5.74) is 1.60. The van der Waals surface area contributed by atoms with Crippen molar-refractivity contribution in [1.82, 2.24) is 10.3 Å². The van der Waals surface area contributed by atoms with Crippen molar-refractivity contribution in [2.45, 2.75) is 12.5 Å². The number of hydrogen-bond acceptors (Lipinski definition) is 5. The quantitative estimate of drug-likeness (QED) is 0.743. The van der Waals surface area contributed by atoms with E-state index in [1.165, 1.54) is 17.4 Å². The molecule has 0 aliphatic heterocycles. The van der Waals surface area contributed by atoms with Gasteiger partial charge in [-0.1, -0.05) is 12.7 Å². The van der Waals surface area contributed by atoms with Crippen LogP contribution in [0, 0.1) is 0 Å². The van der Waals surface area contributed by atoms with Gasteiger partial charge in [0.25, 0.3) is 0 Å². The molecule has 7 heteroatoms. The van der Waals surface area contributed by atoms with Gasteiger partial charge in [-0.25, -0.2) is 9.59 Å². The van der Waals surface area contributed by atoms with Crippen molar-refractivity contribution in [3.63, 3.8) is 0 Å². The fourth-order valence-electron chi connectivity index (χ4n) is 1.06. The van der Waals surface area contributed by atoms with Crippen LogP contribution < -0.4 is 5.32 Å². The van der Waals surface area contributed by atoms with Gasteiger partial charge in [0.1, 0.15) is 12.6 Å². The monoisotopic (exact) mass is 256 g/mol. The van der Waals surface area contributed by atoms with Crippen molar-refractivity contribution in [1.29, 1.82) is 0 Å². The fourth-order valence-corrected chi connectivity index (χ4v) is 1.70. The number of aromatic nitrogens is 1. The van der Waals surface area contributed by atoms with Crippen molar-refractivity contribution >= 4 is 23.4 Å². The summed E-state index contributed by atoms with van der Waals surface area (Å²) in [6.07, 6.45) is 2.38. The molecule has 0 spiro atoms. The van der Waals surface area contributed by atoms with Crippen LogP contribution in [-0.2, 0) is 16.0 Å². The molecule has 0 radical (unpaired) electrons. The highest BCUT2D eigenvalue weighted by Crippen LogP contribution is 2.09. The van der Waals surface area contributed by atoms with Crippen LogP contribution in [0.15, 0.2) is 24.4 Å². The molecular formula is C10H12N2O4S. The van der Waals surface area contributed by atoms with Gasteiger partial charge in [-0.15, -0.1) is 11.3 Å². The maximum absolute atomic E-state index is 11.2. The van der Waals surface area contributed by atoms with E-state index in [1.807, 2.05) is 0 Å². The number of thiazole rings is 1. The molecule has 1 rings (SSSR count). The molecule has 0 fully saturated rings. The minimum absolute atomic E-state index is 0.0404. The number of carboxylic acids is 1. The first kappa shape index (κ1) is 13.2. The third-order valence-corrected chi connectivity index (χ3v) is 2.61. The Hall–Kier alpha value is -1.89. The van der Waals surface area contributed by atoms with Crippen LogP contribution in [0.25, 0.3) is 0 Å². The number of rotatable bonds is 6. The molecule has 17 heavy (non-hydrogen) atoms. The van der Waals surface area contributed by atoms with Crippen LogP contribution in [0.5, 0.6) is 0 Å². The molecule has 0 aromatic carbocycles. The van der Waals surface area contributed by atoms with Gasteiger partial charge in [-0.2, -0.15) is 0 Å². The molecule has 1 heterocycles. The molecule has 92 valence electrons. The van der Waals surface area contributed by atoms with Crippen molar-refractivity contribution < 1.29 is 19.4 Å². The van der Waals surface area contributed by atoms with E-state index >= 15 is 0 Å². The zero-order valence-corrected chi connectivity index (χ0v) is 9.77. The number of carbonyl (C=O) groups excluding carboxylic acids is 1. The van der Waals surface area contributed by atoms with Crippen LogP contribution in [0.1, 0.15) is 4.88 Å². The van der Waals surface area contributed by atoms with Crippen molar-refractivity contribution in [3.05, 3.63) is 29.2 Å². The van der Waals surface area contributed by atoms with E-state index in [0.717, 1.165) is 4.88 Å². The van der Waals surface area contributed by atoms with E-state index < -0.39 is 18.1 Å². The van der Waals surface area contributed by atoms with Crippen molar-refractivity contribution in [3.8, 4) is 0 Å². The normalized spacial score (nSPS) is 11.5. The van der Waals surface area contributed by atoms with Crippen molar-refractivity contribution in [2.75, 3.05) is 6.61 Å². The van der Waals surface area contributed by atoms with Crippen LogP contribution >= 0.6 is 11.3 Å². The Morgan fingerprint density at radius 3 is 3.00 bits per heavy atom. The Balaban J connectivity index is 2.51. The predicted molar refractivity (Wildman–Crippen MR) is 61.9 cm³/mol. The van der Waals surface area contributed by atoms with E-state index in [4.69, 9.17) is 5.11 Å². The van der Waals surface area contributed by atoms with Crippen LogP contribution in [0.4, 0.5) is 4.79 Å². The molecule has 1 amide bonds. The molecule has 6 nitrogen and oxygen atoms in total. The summed E-state index contributed by atoms with van der Waals surface area (Å²) in [5, 5.41) is 11.2. The largest absolute Gasteiger partial charge is 0.480 e. The number of amides is 1. The Kier molecular flexibility index (Phi) is 5.15. The molecule has 1 atom stereocenters. The summed E-state index contributed by atoms with van der Waals surface area (Å²) < 4.78 is 4.65. The number of hydrogen-bond donors (Lipinski definition) is 2. The fraction of sp³-hybridized carbons (Fsp3) is 0.300. The van der Waals surface area contributed by atoms with Gasteiger partial charge in [0, 0.05) is 17.5 Å². The minimum Gasteiger partial charge on any atom is -0.480 e. The van der Waals surface area contributed by atoms with Gasteiger partial charge < -0.3 is 15.2 Å². The molecule has 0 aliphatic carbocycles. The van der Waals surface area contributed by atoms with E-state index in [1.54, 1.807) is 11.7 Å². The maximum Gasteiger partial charge on any atom is 0.408 e. The number of aliphatic carboxylic acids is 1. The third-order valence-electron chi connectivity index (χ3n) is 1.81.